The summed E-state index contributed by atoms with van der Waals surface area (Å²) in [7, 11) is 0. The van der Waals surface area contributed by atoms with Crippen LogP contribution in [0.1, 0.15) is 49.6 Å². The Balaban J connectivity index is 1.81. The molecule has 0 bridgehead atoms. The number of rotatable bonds is 5. The molecule has 3 rings (SSSR count). The summed E-state index contributed by atoms with van der Waals surface area (Å²) in [4.78, 5) is 38.1. The lowest BCUT2D eigenvalue weighted by Gasteiger charge is -2.14. The summed E-state index contributed by atoms with van der Waals surface area (Å²) in [6.07, 6.45) is 1.50. The zero-order valence-corrected chi connectivity index (χ0v) is 13.9. The van der Waals surface area contributed by atoms with Crippen LogP contribution in [0.2, 0.25) is 0 Å². The Bertz CT molecular complexity index is 858. The molecule has 0 saturated heterocycles. The number of benzene rings is 2. The van der Waals surface area contributed by atoms with Gasteiger partial charge in [-0.3, -0.25) is 19.3 Å². The molecule has 1 aliphatic rings. The minimum absolute atomic E-state index is 0.152. The molecule has 5 heteroatoms. The molecule has 1 heterocycles. The van der Waals surface area contributed by atoms with Crippen molar-refractivity contribution in [2.75, 3.05) is 6.54 Å². The van der Waals surface area contributed by atoms with E-state index in [9.17, 15) is 14.4 Å². The van der Waals surface area contributed by atoms with Crippen LogP contribution in [-0.2, 0) is 0 Å². The van der Waals surface area contributed by atoms with E-state index in [1.807, 2.05) is 37.3 Å². The molecule has 3 amide bonds. The van der Waals surface area contributed by atoms with E-state index in [4.69, 9.17) is 0 Å². The molecule has 1 N–H and O–H groups in total. The maximum Gasteiger partial charge on any atom is 0.261 e. The van der Waals surface area contributed by atoms with Crippen LogP contribution in [0.25, 0.3) is 0 Å². The third-order valence-electron chi connectivity index (χ3n) is 4.19. The molecule has 126 valence electrons. The van der Waals surface area contributed by atoms with Gasteiger partial charge in [-0.15, -0.1) is 6.58 Å². The minimum Gasteiger partial charge on any atom is -0.346 e. The fourth-order valence-electron chi connectivity index (χ4n) is 2.83. The molecule has 0 saturated carbocycles. The number of carbonyl (C=O) groups is 3. The molecule has 2 aromatic rings. The Morgan fingerprint density at radius 3 is 2.48 bits per heavy atom. The molecule has 1 atom stereocenters. The topological polar surface area (TPSA) is 66.5 Å². The summed E-state index contributed by atoms with van der Waals surface area (Å²) in [6, 6.07) is 14.0. The second kappa shape index (κ2) is 6.73. The van der Waals surface area contributed by atoms with Crippen LogP contribution in [0.3, 0.4) is 0 Å². The van der Waals surface area contributed by atoms with Crippen molar-refractivity contribution in [1.82, 2.24) is 10.2 Å². The highest BCUT2D eigenvalue weighted by Gasteiger charge is 2.35. The van der Waals surface area contributed by atoms with Crippen LogP contribution in [0.15, 0.2) is 61.2 Å². The summed E-state index contributed by atoms with van der Waals surface area (Å²) in [5.74, 6) is -1.04. The first-order valence-corrected chi connectivity index (χ1v) is 8.00. The van der Waals surface area contributed by atoms with Gasteiger partial charge in [-0.1, -0.05) is 36.4 Å². The van der Waals surface area contributed by atoms with E-state index in [2.05, 4.69) is 11.9 Å². The maximum atomic E-state index is 12.5. The highest BCUT2D eigenvalue weighted by atomic mass is 16.2. The Labute approximate surface area is 146 Å². The number of amides is 3. The molecule has 0 aliphatic carbocycles. The van der Waals surface area contributed by atoms with Gasteiger partial charge in [0, 0.05) is 12.1 Å². The van der Waals surface area contributed by atoms with E-state index in [1.54, 1.807) is 6.07 Å². The normalized spacial score (nSPS) is 14.2. The number of hydrogen-bond donors (Lipinski definition) is 1. The highest BCUT2D eigenvalue weighted by molar-refractivity contribution is 6.22. The second-order valence-electron chi connectivity index (χ2n) is 5.88. The summed E-state index contributed by atoms with van der Waals surface area (Å²) in [6.45, 7) is 5.59. The van der Waals surface area contributed by atoms with Gasteiger partial charge < -0.3 is 5.32 Å². The van der Waals surface area contributed by atoms with Gasteiger partial charge in [-0.25, -0.2) is 0 Å². The second-order valence-corrected chi connectivity index (χ2v) is 5.88. The molecule has 5 nitrogen and oxygen atoms in total. The molecule has 0 unspecified atom stereocenters. The number of hydrogen-bond acceptors (Lipinski definition) is 3. The lowest BCUT2D eigenvalue weighted by molar-refractivity contribution is 0.0672. The van der Waals surface area contributed by atoms with Gasteiger partial charge in [0.05, 0.1) is 17.2 Å². The van der Waals surface area contributed by atoms with Crippen LogP contribution in [-0.4, -0.2) is 29.2 Å². The van der Waals surface area contributed by atoms with Gasteiger partial charge >= 0.3 is 0 Å². The van der Waals surface area contributed by atoms with Crippen LogP contribution >= 0.6 is 0 Å². The average molecular weight is 334 g/mol. The third kappa shape index (κ3) is 3.08. The number of carbonyl (C=O) groups excluding carboxylic acids is 3. The van der Waals surface area contributed by atoms with Crippen LogP contribution in [0.5, 0.6) is 0 Å². The molecular formula is C20H18N2O3. The third-order valence-corrected chi connectivity index (χ3v) is 4.19. The monoisotopic (exact) mass is 334 g/mol. The fourth-order valence-corrected chi connectivity index (χ4v) is 2.83. The number of fused-ring (bicyclic) bond motifs is 1. The van der Waals surface area contributed by atoms with Gasteiger partial charge in [0.2, 0.25) is 0 Å². The van der Waals surface area contributed by atoms with Crippen molar-refractivity contribution >= 4 is 17.7 Å². The van der Waals surface area contributed by atoms with Gasteiger partial charge in [0.1, 0.15) is 0 Å². The van der Waals surface area contributed by atoms with Crippen LogP contribution in [0.4, 0.5) is 0 Å². The average Bonchev–Trinajstić information content (AvgIpc) is 2.87. The summed E-state index contributed by atoms with van der Waals surface area (Å²) >= 11 is 0. The van der Waals surface area contributed by atoms with E-state index in [0.717, 1.165) is 10.5 Å². The van der Waals surface area contributed by atoms with Crippen molar-refractivity contribution in [2.45, 2.75) is 13.0 Å². The zero-order chi connectivity index (χ0) is 18.0. The van der Waals surface area contributed by atoms with Gasteiger partial charge in [0.25, 0.3) is 17.7 Å². The van der Waals surface area contributed by atoms with Gasteiger partial charge in [-0.05, 0) is 30.7 Å². The summed E-state index contributed by atoms with van der Waals surface area (Å²) in [5, 5.41) is 2.90. The predicted molar refractivity (Wildman–Crippen MR) is 94.3 cm³/mol. The largest absolute Gasteiger partial charge is 0.346 e. The smallest absolute Gasteiger partial charge is 0.261 e. The minimum atomic E-state index is -0.398. The number of nitrogens with one attached hydrogen (secondary N) is 1. The predicted octanol–water partition coefficient (Wildman–Crippen LogP) is 2.96. The number of imide groups is 1. The SMILES string of the molecule is C=CCN1C(=O)c2ccc(C(=O)N[C@@H](C)c3ccccc3)cc2C1=O. The first kappa shape index (κ1) is 16.6. The van der Waals surface area contributed by atoms with E-state index in [-0.39, 0.29) is 30.0 Å². The Morgan fingerprint density at radius 1 is 1.12 bits per heavy atom. The Kier molecular flexibility index (Phi) is 4.48. The first-order valence-electron chi connectivity index (χ1n) is 8.00. The van der Waals surface area contributed by atoms with Gasteiger partial charge in [-0.2, -0.15) is 0 Å². The zero-order valence-electron chi connectivity index (χ0n) is 13.9. The van der Waals surface area contributed by atoms with Crippen LogP contribution in [0, 0.1) is 0 Å². The van der Waals surface area contributed by atoms with Gasteiger partial charge in [0.15, 0.2) is 0 Å². The van der Waals surface area contributed by atoms with Crippen molar-refractivity contribution in [3.63, 3.8) is 0 Å². The molecular weight excluding hydrogens is 316 g/mol. The molecule has 0 aromatic heterocycles. The van der Waals surface area contributed by atoms with Crippen molar-refractivity contribution < 1.29 is 14.4 Å². The maximum absolute atomic E-state index is 12.5. The van der Waals surface area contributed by atoms with Crippen molar-refractivity contribution in [1.29, 1.82) is 0 Å². The summed E-state index contributed by atoms with van der Waals surface area (Å²) < 4.78 is 0. The van der Waals surface area contributed by atoms with Crippen molar-refractivity contribution in [3.8, 4) is 0 Å². The number of nitrogens with zero attached hydrogens (tertiary/aromatic N) is 1. The van der Waals surface area contributed by atoms with E-state index in [0.29, 0.717) is 11.1 Å². The van der Waals surface area contributed by atoms with Crippen molar-refractivity contribution in [3.05, 3.63) is 83.4 Å². The molecule has 0 fully saturated rings. The molecule has 0 radical (unpaired) electrons. The molecule has 2 aromatic carbocycles. The van der Waals surface area contributed by atoms with Crippen molar-refractivity contribution in [2.24, 2.45) is 0 Å². The first-order chi connectivity index (χ1) is 12.0. The summed E-state index contributed by atoms with van der Waals surface area (Å²) in [5.41, 5.74) is 1.91. The van der Waals surface area contributed by atoms with Crippen LogP contribution < -0.4 is 5.32 Å². The highest BCUT2D eigenvalue weighted by Crippen LogP contribution is 2.24. The molecule has 0 spiro atoms. The van der Waals surface area contributed by atoms with E-state index in [1.165, 1.54) is 18.2 Å². The molecule has 25 heavy (non-hydrogen) atoms. The molecule has 1 aliphatic heterocycles. The Hall–Kier alpha value is -3.21. The quantitative estimate of drug-likeness (QED) is 0.675. The van der Waals surface area contributed by atoms with E-state index >= 15 is 0 Å². The lowest BCUT2D eigenvalue weighted by atomic mass is 10.0. The lowest BCUT2D eigenvalue weighted by Crippen LogP contribution is -2.29. The fraction of sp³-hybridized carbons (Fsp3) is 0.150. The van der Waals surface area contributed by atoms with E-state index < -0.39 is 5.91 Å². The Morgan fingerprint density at radius 2 is 1.80 bits per heavy atom. The standard InChI is InChI=1S/C20H18N2O3/c1-3-11-22-19(24)16-10-9-15(12-17(16)20(22)25)18(23)21-13(2)14-7-5-4-6-8-14/h3-10,12-13H,1,11H2,2H3,(H,21,23)/t13-/m0/s1.